The van der Waals surface area contributed by atoms with Gasteiger partial charge in [-0.05, 0) is 25.7 Å². The molecule has 0 radical (unpaired) electrons. The summed E-state index contributed by atoms with van der Waals surface area (Å²) >= 11 is 0. The monoisotopic (exact) mass is 473 g/mol. The number of hydrogen-bond donors (Lipinski definition) is 0. The van der Waals surface area contributed by atoms with E-state index in [1.807, 2.05) is 0 Å². The van der Waals surface area contributed by atoms with Crippen LogP contribution in [0.5, 0.6) is 0 Å². The maximum absolute atomic E-state index is 2.45. The highest BCUT2D eigenvalue weighted by molar-refractivity contribution is 4.51. The van der Waals surface area contributed by atoms with Crippen molar-refractivity contribution in [2.75, 3.05) is 27.2 Å². The van der Waals surface area contributed by atoms with Gasteiger partial charge in [-0.25, -0.2) is 0 Å². The average Bonchev–Trinajstić information content (AvgIpc) is 2.75. The third-order valence-electron chi connectivity index (χ3n) is 7.23. The minimum Gasteiger partial charge on any atom is -1.00 e. The first kappa shape index (κ1) is 34.4. The van der Waals surface area contributed by atoms with Crippen LogP contribution >= 0.6 is 0 Å². The van der Waals surface area contributed by atoms with E-state index in [0.717, 1.165) is 0 Å². The number of unbranched alkanes of at least 4 members (excludes halogenated alkanes) is 22. The van der Waals surface area contributed by atoms with Crippen molar-refractivity contribution in [2.45, 2.75) is 168 Å². The molecule has 0 fully saturated rings. The van der Waals surface area contributed by atoms with Crippen molar-refractivity contribution in [3.63, 3.8) is 0 Å². The summed E-state index contributed by atoms with van der Waals surface area (Å²) in [6.45, 7) is 7.38. The van der Waals surface area contributed by atoms with Gasteiger partial charge < -0.3 is 16.9 Å². The van der Waals surface area contributed by atoms with Gasteiger partial charge in [0.15, 0.2) is 0 Å². The maximum atomic E-state index is 2.45. The van der Waals surface area contributed by atoms with Gasteiger partial charge in [-0.15, -0.1) is 0 Å². The van der Waals surface area contributed by atoms with Crippen LogP contribution in [0.4, 0.5) is 0 Å². The van der Waals surface area contributed by atoms with Crippen molar-refractivity contribution in [3.8, 4) is 0 Å². The fourth-order valence-electron chi connectivity index (χ4n) is 4.87. The van der Waals surface area contributed by atoms with E-state index in [1.54, 1.807) is 0 Å². The minimum atomic E-state index is 0. The van der Waals surface area contributed by atoms with Crippen LogP contribution in [0, 0.1) is 0 Å². The van der Waals surface area contributed by atoms with E-state index < -0.39 is 0 Å². The highest BCUT2D eigenvalue weighted by Crippen LogP contribution is 2.15. The SMILES string of the molecule is CCCCCCCCCCCCCCCC[N+](C)(C)CCCCCCCCCCCC.[Cl-]. The summed E-state index contributed by atoms with van der Waals surface area (Å²) in [6.07, 6.45) is 35.0. The number of halogens is 1. The first-order chi connectivity index (χ1) is 15.1. The lowest BCUT2D eigenvalue weighted by Gasteiger charge is -2.30. The van der Waals surface area contributed by atoms with E-state index in [-0.39, 0.29) is 12.4 Å². The van der Waals surface area contributed by atoms with E-state index in [2.05, 4.69) is 27.9 Å². The Bertz CT molecular complexity index is 329. The van der Waals surface area contributed by atoms with Gasteiger partial charge in [-0.2, -0.15) is 0 Å². The van der Waals surface area contributed by atoms with Crippen molar-refractivity contribution in [3.05, 3.63) is 0 Å². The lowest BCUT2D eigenvalue weighted by Crippen LogP contribution is -3.00. The molecule has 0 aromatic rings. The molecular formula is C30H64ClN. The molecule has 0 heterocycles. The largest absolute Gasteiger partial charge is 1.00 e. The Morgan fingerprint density at radius 2 is 0.500 bits per heavy atom. The molecule has 0 aliphatic rings. The summed E-state index contributed by atoms with van der Waals surface area (Å²) in [5.41, 5.74) is 0. The van der Waals surface area contributed by atoms with Crippen molar-refractivity contribution < 1.29 is 16.9 Å². The molecule has 0 aliphatic heterocycles. The highest BCUT2D eigenvalue weighted by atomic mass is 35.5. The average molecular weight is 474 g/mol. The molecule has 0 unspecified atom stereocenters. The molecule has 196 valence electrons. The first-order valence-electron chi connectivity index (χ1n) is 14.9. The Balaban J connectivity index is 0. The lowest BCUT2D eigenvalue weighted by atomic mass is 10.0. The third kappa shape index (κ3) is 28.3. The van der Waals surface area contributed by atoms with Crippen LogP contribution < -0.4 is 12.4 Å². The summed E-state index contributed by atoms with van der Waals surface area (Å²) < 4.78 is 1.25. The Kier molecular flexibility index (Phi) is 29.6. The van der Waals surface area contributed by atoms with E-state index in [4.69, 9.17) is 0 Å². The molecule has 0 aromatic carbocycles. The Hall–Kier alpha value is 0.250. The number of nitrogens with zero attached hydrogens (tertiary/aromatic N) is 1. The number of quaternary nitrogens is 1. The second-order valence-electron chi connectivity index (χ2n) is 11.2. The molecule has 0 aromatic heterocycles. The summed E-state index contributed by atoms with van der Waals surface area (Å²) in [5, 5.41) is 0. The molecule has 0 spiro atoms. The standard InChI is InChI=1S/C30H64N.ClH/c1-5-7-9-11-13-15-17-18-19-20-22-24-26-28-30-31(3,4)29-27-25-23-21-16-14-12-10-8-6-2;/h5-30H2,1-4H3;1H/q+1;/p-1. The topological polar surface area (TPSA) is 0 Å². The van der Waals surface area contributed by atoms with Crippen LogP contribution in [0.15, 0.2) is 0 Å². The molecule has 32 heavy (non-hydrogen) atoms. The number of rotatable bonds is 26. The van der Waals surface area contributed by atoms with E-state index >= 15 is 0 Å². The van der Waals surface area contributed by atoms with Crippen LogP contribution in [0.25, 0.3) is 0 Å². The molecule has 0 bridgehead atoms. The zero-order chi connectivity index (χ0) is 22.9. The smallest absolute Gasteiger partial charge is 0.0782 e. The molecule has 2 heteroatoms. The molecule has 0 saturated heterocycles. The van der Waals surface area contributed by atoms with Crippen molar-refractivity contribution in [2.24, 2.45) is 0 Å². The van der Waals surface area contributed by atoms with Gasteiger partial charge in [-0.3, -0.25) is 0 Å². The molecule has 0 aliphatic carbocycles. The summed E-state index contributed by atoms with van der Waals surface area (Å²) in [5.74, 6) is 0. The zero-order valence-corrected chi connectivity index (χ0v) is 24.0. The van der Waals surface area contributed by atoms with Crippen LogP contribution in [-0.2, 0) is 0 Å². The van der Waals surface area contributed by atoms with Crippen molar-refractivity contribution in [1.82, 2.24) is 0 Å². The van der Waals surface area contributed by atoms with Crippen molar-refractivity contribution >= 4 is 0 Å². The Morgan fingerprint density at radius 1 is 0.312 bits per heavy atom. The predicted octanol–water partition coefficient (Wildman–Crippen LogP) is 7.47. The molecule has 0 amide bonds. The van der Waals surface area contributed by atoms with Crippen LogP contribution in [0.2, 0.25) is 0 Å². The van der Waals surface area contributed by atoms with Crippen LogP contribution in [0.1, 0.15) is 168 Å². The molecule has 0 saturated carbocycles. The highest BCUT2D eigenvalue weighted by Gasteiger charge is 2.13. The van der Waals surface area contributed by atoms with Gasteiger partial charge in [0.1, 0.15) is 0 Å². The minimum absolute atomic E-state index is 0. The second kappa shape index (κ2) is 27.5. The molecule has 0 rings (SSSR count). The lowest BCUT2D eigenvalue weighted by molar-refractivity contribution is -0.890. The third-order valence-corrected chi connectivity index (χ3v) is 7.23. The first-order valence-corrected chi connectivity index (χ1v) is 14.9. The van der Waals surface area contributed by atoms with E-state index in [9.17, 15) is 0 Å². The van der Waals surface area contributed by atoms with Gasteiger partial charge in [0.05, 0.1) is 27.2 Å². The molecule has 0 atom stereocenters. The van der Waals surface area contributed by atoms with Gasteiger partial charge in [-0.1, -0.05) is 142 Å². The van der Waals surface area contributed by atoms with Gasteiger partial charge in [0, 0.05) is 0 Å². The molecule has 1 nitrogen and oxygen atoms in total. The second-order valence-corrected chi connectivity index (χ2v) is 11.2. The quantitative estimate of drug-likeness (QED) is 0.0902. The van der Waals surface area contributed by atoms with E-state index in [0.29, 0.717) is 0 Å². The number of hydrogen-bond acceptors (Lipinski definition) is 0. The fourth-order valence-corrected chi connectivity index (χ4v) is 4.87. The van der Waals surface area contributed by atoms with Gasteiger partial charge in [0.25, 0.3) is 0 Å². The van der Waals surface area contributed by atoms with Gasteiger partial charge >= 0.3 is 0 Å². The van der Waals surface area contributed by atoms with Crippen LogP contribution in [-0.4, -0.2) is 31.7 Å². The van der Waals surface area contributed by atoms with Gasteiger partial charge in [0.2, 0.25) is 0 Å². The zero-order valence-electron chi connectivity index (χ0n) is 23.2. The van der Waals surface area contributed by atoms with Crippen molar-refractivity contribution in [1.29, 1.82) is 0 Å². The van der Waals surface area contributed by atoms with Crippen LogP contribution in [0.3, 0.4) is 0 Å². The molecular weight excluding hydrogens is 410 g/mol. The Labute approximate surface area is 211 Å². The summed E-state index contributed by atoms with van der Waals surface area (Å²) in [4.78, 5) is 0. The Morgan fingerprint density at radius 3 is 0.719 bits per heavy atom. The predicted molar refractivity (Wildman–Crippen MR) is 144 cm³/mol. The molecule has 0 N–H and O–H groups in total. The van der Waals surface area contributed by atoms with E-state index in [1.165, 1.54) is 172 Å². The maximum Gasteiger partial charge on any atom is 0.0782 e. The summed E-state index contributed by atoms with van der Waals surface area (Å²) in [6, 6.07) is 0. The normalized spacial score (nSPS) is 11.6. The summed E-state index contributed by atoms with van der Waals surface area (Å²) in [7, 11) is 4.91. The fraction of sp³-hybridized carbons (Fsp3) is 1.00.